The minimum atomic E-state index is -4.39. The van der Waals surface area contributed by atoms with Crippen LogP contribution in [0.5, 0.6) is 0 Å². The van der Waals surface area contributed by atoms with Crippen molar-refractivity contribution < 1.29 is 41.6 Å². The normalized spacial score (nSPS) is 19.6. The highest BCUT2D eigenvalue weighted by molar-refractivity contribution is 7.95. The van der Waals surface area contributed by atoms with Gasteiger partial charge in [0.05, 0.1) is 17.2 Å². The predicted molar refractivity (Wildman–Crippen MR) is 119 cm³/mol. The Morgan fingerprint density at radius 2 is 1.88 bits per heavy atom. The minimum Gasteiger partial charge on any atom is -0.444 e. The molecule has 0 radical (unpaired) electrons. The van der Waals surface area contributed by atoms with E-state index < -0.39 is 36.6 Å². The van der Waals surface area contributed by atoms with E-state index >= 15 is 0 Å². The first-order chi connectivity index (χ1) is 16.0. The van der Waals surface area contributed by atoms with Crippen molar-refractivity contribution in [1.82, 2.24) is 15.4 Å². The molecule has 2 atom stereocenters. The van der Waals surface area contributed by atoms with E-state index in [4.69, 9.17) is 15.2 Å². The first kappa shape index (κ1) is 26.5. The number of ether oxygens (including phenoxy) is 1. The van der Waals surface area contributed by atoms with Gasteiger partial charge in [0.25, 0.3) is 10.0 Å². The van der Waals surface area contributed by atoms with E-state index in [1.807, 2.05) is 6.92 Å². The molecule has 3 rings (SSSR count). The van der Waals surface area contributed by atoms with Crippen LogP contribution in [0.25, 0.3) is 0 Å². The van der Waals surface area contributed by atoms with Crippen LogP contribution in [-0.4, -0.2) is 50.5 Å². The number of nitrogens with one attached hydrogen (secondary N) is 2. The number of carbonyl (C=O) groups excluding carboxylic acids is 1. The van der Waals surface area contributed by atoms with Crippen molar-refractivity contribution in [2.45, 2.75) is 53.2 Å². The SMILES string of the molecule is CCN[C@H]1CC(C)S(=O)(=O)c2sc(S(=O)(=O)NC(=O)OCc3ccccc3CON(O)O)cc21. The summed E-state index contributed by atoms with van der Waals surface area (Å²) in [4.78, 5) is 16.8. The molecule has 15 heteroatoms. The number of fused-ring (bicyclic) bond motifs is 1. The summed E-state index contributed by atoms with van der Waals surface area (Å²) in [5.41, 5.74) is 1.28. The molecule has 12 nitrogen and oxygen atoms in total. The molecule has 1 amide bonds. The highest BCUT2D eigenvalue weighted by Gasteiger charge is 2.39. The average Bonchev–Trinajstić information content (AvgIpc) is 3.23. The molecular weight excluding hydrogens is 510 g/mol. The van der Waals surface area contributed by atoms with Crippen LogP contribution in [0.4, 0.5) is 4.79 Å². The summed E-state index contributed by atoms with van der Waals surface area (Å²) in [5, 5.41) is 19.4. The molecule has 0 fully saturated rings. The topological polar surface area (TPSA) is 172 Å². The highest BCUT2D eigenvalue weighted by atomic mass is 32.3. The van der Waals surface area contributed by atoms with Crippen LogP contribution in [0.2, 0.25) is 0 Å². The number of sulfonamides is 1. The van der Waals surface area contributed by atoms with Gasteiger partial charge in [0.15, 0.2) is 9.84 Å². The first-order valence-corrected chi connectivity index (χ1v) is 14.0. The summed E-state index contributed by atoms with van der Waals surface area (Å²) in [6.07, 6.45) is -0.949. The zero-order chi connectivity index (χ0) is 25.1. The van der Waals surface area contributed by atoms with Crippen molar-refractivity contribution in [2.24, 2.45) is 0 Å². The lowest BCUT2D eigenvalue weighted by molar-refractivity contribution is -0.497. The fourth-order valence-corrected chi connectivity index (χ4v) is 8.36. The zero-order valence-electron chi connectivity index (χ0n) is 18.3. The molecular formula is C19H25N3O9S3. The summed E-state index contributed by atoms with van der Waals surface area (Å²) in [5.74, 6) is 0. The maximum Gasteiger partial charge on any atom is 0.421 e. The highest BCUT2D eigenvalue weighted by Crippen LogP contribution is 2.42. The Kier molecular flexibility index (Phi) is 8.30. The molecule has 34 heavy (non-hydrogen) atoms. The fraction of sp³-hybridized carbons (Fsp3) is 0.421. The zero-order valence-corrected chi connectivity index (χ0v) is 20.7. The van der Waals surface area contributed by atoms with Crippen molar-refractivity contribution >= 4 is 37.3 Å². The van der Waals surface area contributed by atoms with E-state index in [1.54, 1.807) is 35.9 Å². The Bertz CT molecular complexity index is 1240. The number of carbonyl (C=O) groups is 1. The lowest BCUT2D eigenvalue weighted by Crippen LogP contribution is -2.33. The minimum absolute atomic E-state index is 0.0262. The van der Waals surface area contributed by atoms with E-state index in [1.165, 1.54) is 6.07 Å². The van der Waals surface area contributed by atoms with Crippen molar-refractivity contribution in [1.29, 1.82) is 0 Å². The summed E-state index contributed by atoms with van der Waals surface area (Å²) in [6.45, 7) is 3.44. The monoisotopic (exact) mass is 535 g/mol. The standard InChI is InChI=1S/C19H25N3O9S3/c1-3-20-16-8-12(2)33(26,27)18-15(16)9-17(32-18)34(28,29)21-19(23)30-10-13-6-4-5-7-14(13)11-31-22(24)25/h4-7,9,12,16,20,24-25H,3,8,10-11H2,1-2H3,(H,21,23)/t12?,16-/m0/s1. The van der Waals surface area contributed by atoms with Crippen LogP contribution >= 0.6 is 11.3 Å². The van der Waals surface area contributed by atoms with Gasteiger partial charge in [-0.2, -0.15) is 0 Å². The van der Waals surface area contributed by atoms with Gasteiger partial charge in [-0.05, 0) is 37.1 Å². The number of thiophene rings is 1. The van der Waals surface area contributed by atoms with E-state index in [2.05, 4.69) is 10.2 Å². The van der Waals surface area contributed by atoms with E-state index in [-0.39, 0.29) is 27.7 Å². The number of hydrogen-bond acceptors (Lipinski definition) is 12. The number of hydrogen-bond donors (Lipinski definition) is 4. The molecule has 0 bridgehead atoms. The second-order valence-corrected chi connectivity index (χ2v) is 13.0. The first-order valence-electron chi connectivity index (χ1n) is 10.1. The summed E-state index contributed by atoms with van der Waals surface area (Å²) < 4.78 is 57.5. The van der Waals surface area contributed by atoms with E-state index in [9.17, 15) is 21.6 Å². The second-order valence-electron chi connectivity index (χ2n) is 7.49. The average molecular weight is 536 g/mol. The Hall–Kier alpha value is -2.11. The molecule has 1 aromatic heterocycles. The smallest absolute Gasteiger partial charge is 0.421 e. The summed E-state index contributed by atoms with van der Waals surface area (Å²) in [7, 11) is -8.07. The van der Waals surface area contributed by atoms with Gasteiger partial charge < -0.3 is 10.1 Å². The molecule has 188 valence electrons. The third-order valence-corrected chi connectivity index (χ3v) is 10.9. The third kappa shape index (κ3) is 5.92. The van der Waals surface area contributed by atoms with Crippen molar-refractivity contribution in [3.05, 3.63) is 47.0 Å². The fourth-order valence-electron chi connectivity index (χ4n) is 3.47. The lowest BCUT2D eigenvalue weighted by atomic mass is 10.1. The molecule has 1 aliphatic rings. The Labute approximate surface area is 200 Å². The second kappa shape index (κ2) is 10.7. The molecule has 2 heterocycles. The number of benzene rings is 1. The molecule has 1 aromatic carbocycles. The molecule has 4 N–H and O–H groups in total. The number of rotatable bonds is 9. The van der Waals surface area contributed by atoms with Crippen molar-refractivity contribution in [3.63, 3.8) is 0 Å². The van der Waals surface area contributed by atoms with Crippen LogP contribution in [0.3, 0.4) is 0 Å². The molecule has 0 saturated carbocycles. The Morgan fingerprint density at radius 1 is 1.24 bits per heavy atom. The van der Waals surface area contributed by atoms with Gasteiger partial charge in [-0.1, -0.05) is 31.2 Å². The van der Waals surface area contributed by atoms with Gasteiger partial charge in [0.2, 0.25) is 0 Å². The summed E-state index contributed by atoms with van der Waals surface area (Å²) in [6, 6.07) is 7.42. The van der Waals surface area contributed by atoms with Gasteiger partial charge in [-0.3, -0.25) is 10.4 Å². The van der Waals surface area contributed by atoms with Gasteiger partial charge in [-0.15, -0.1) is 11.3 Å². The Balaban J connectivity index is 1.74. The van der Waals surface area contributed by atoms with Gasteiger partial charge in [0, 0.05) is 11.6 Å². The maximum absolute atomic E-state index is 12.8. The Morgan fingerprint density at radius 3 is 2.50 bits per heavy atom. The van der Waals surface area contributed by atoms with Gasteiger partial charge in [0.1, 0.15) is 15.0 Å². The number of sulfone groups is 1. The molecule has 1 unspecified atom stereocenters. The molecule has 1 aliphatic heterocycles. The van der Waals surface area contributed by atoms with Crippen LogP contribution in [0.15, 0.2) is 38.8 Å². The van der Waals surface area contributed by atoms with E-state index in [0.717, 1.165) is 0 Å². The quantitative estimate of drug-likeness (QED) is 0.346. The van der Waals surface area contributed by atoms with Crippen LogP contribution in [0.1, 0.15) is 43.0 Å². The lowest BCUT2D eigenvalue weighted by Gasteiger charge is -2.27. The van der Waals surface area contributed by atoms with Crippen LogP contribution in [0, 0.1) is 0 Å². The largest absolute Gasteiger partial charge is 0.444 e. The van der Waals surface area contributed by atoms with Crippen LogP contribution < -0.4 is 10.0 Å². The number of nitrogens with zero attached hydrogens (tertiary/aromatic N) is 1. The van der Waals surface area contributed by atoms with E-state index in [0.29, 0.717) is 41.0 Å². The predicted octanol–water partition coefficient (Wildman–Crippen LogP) is 2.09. The third-order valence-electron chi connectivity index (χ3n) is 5.18. The molecule has 0 spiro atoms. The molecule has 0 aliphatic carbocycles. The van der Waals surface area contributed by atoms with Gasteiger partial charge in [-0.25, -0.2) is 31.2 Å². The van der Waals surface area contributed by atoms with Crippen LogP contribution in [-0.2, 0) is 42.6 Å². The maximum atomic E-state index is 12.8. The van der Waals surface area contributed by atoms with Crippen molar-refractivity contribution in [2.75, 3.05) is 6.54 Å². The summed E-state index contributed by atoms with van der Waals surface area (Å²) >= 11 is 0.596. The molecule has 2 aromatic rings. The van der Waals surface area contributed by atoms with Gasteiger partial charge >= 0.3 is 6.09 Å². The molecule has 0 saturated heterocycles. The number of amides is 1. The van der Waals surface area contributed by atoms with Crippen molar-refractivity contribution in [3.8, 4) is 0 Å².